The van der Waals surface area contributed by atoms with Crippen LogP contribution in [0.25, 0.3) is 10.9 Å². The molecule has 8 heteroatoms. The Hall–Kier alpha value is -4.46. The minimum atomic E-state index is -1.34. The Morgan fingerprint density at radius 1 is 0.879 bits per heavy atom. The van der Waals surface area contributed by atoms with Crippen LogP contribution in [0.3, 0.4) is 0 Å². The average Bonchev–Trinajstić information content (AvgIpc) is 2.82. The van der Waals surface area contributed by atoms with Gasteiger partial charge in [0.05, 0.1) is 10.9 Å². The first-order valence-corrected chi connectivity index (χ1v) is 10.3. The number of benzene rings is 3. The van der Waals surface area contributed by atoms with Gasteiger partial charge >= 0.3 is 11.7 Å². The van der Waals surface area contributed by atoms with Crippen molar-refractivity contribution in [3.63, 3.8) is 0 Å². The van der Waals surface area contributed by atoms with Crippen LogP contribution in [0, 0.1) is 0 Å². The Labute approximate surface area is 188 Å². The lowest BCUT2D eigenvalue weighted by molar-refractivity contribution is -0.142. The second-order valence-electron chi connectivity index (χ2n) is 7.55. The van der Waals surface area contributed by atoms with Gasteiger partial charge in [0, 0.05) is 6.42 Å². The maximum absolute atomic E-state index is 13.4. The number of hydrogen-bond donors (Lipinski definition) is 3. The summed E-state index contributed by atoms with van der Waals surface area (Å²) in [6.07, 6.45) is 0.0229. The number of H-pyrrole nitrogens is 1. The van der Waals surface area contributed by atoms with Crippen molar-refractivity contribution in [2.45, 2.75) is 18.5 Å². The molecule has 8 nitrogen and oxygen atoms in total. The molecule has 0 saturated heterocycles. The first-order valence-electron chi connectivity index (χ1n) is 10.3. The average molecular weight is 443 g/mol. The van der Waals surface area contributed by atoms with E-state index in [0.717, 1.165) is 4.57 Å². The fraction of sp³-hybridized carbons (Fsp3) is 0.120. The third-order valence-corrected chi connectivity index (χ3v) is 5.39. The van der Waals surface area contributed by atoms with Gasteiger partial charge < -0.3 is 15.4 Å². The first-order chi connectivity index (χ1) is 16.0. The summed E-state index contributed by atoms with van der Waals surface area (Å²) in [6, 6.07) is 21.0. The molecular weight excluding hydrogens is 422 g/mol. The van der Waals surface area contributed by atoms with Gasteiger partial charge in [-0.2, -0.15) is 0 Å². The van der Waals surface area contributed by atoms with E-state index in [4.69, 9.17) is 0 Å². The van der Waals surface area contributed by atoms with Crippen molar-refractivity contribution in [3.05, 3.63) is 117 Å². The molecule has 0 radical (unpaired) electrons. The van der Waals surface area contributed by atoms with Crippen molar-refractivity contribution in [1.29, 1.82) is 0 Å². The summed E-state index contributed by atoms with van der Waals surface area (Å²) in [5.74, 6) is -2.01. The van der Waals surface area contributed by atoms with E-state index in [1.807, 2.05) is 6.07 Å². The number of para-hydroxylation sites is 1. The number of aromatic nitrogens is 2. The number of hydrogen-bond acceptors (Lipinski definition) is 4. The Bertz CT molecular complexity index is 1410. The van der Waals surface area contributed by atoms with Crippen LogP contribution in [0.15, 0.2) is 94.5 Å². The lowest BCUT2D eigenvalue weighted by atomic mass is 10.0. The summed E-state index contributed by atoms with van der Waals surface area (Å²) in [5.41, 5.74) is 0.0639. The topological polar surface area (TPSA) is 121 Å². The highest BCUT2D eigenvalue weighted by Crippen LogP contribution is 2.18. The van der Waals surface area contributed by atoms with Crippen LogP contribution in [0.2, 0.25) is 0 Å². The zero-order chi connectivity index (χ0) is 23.4. The summed E-state index contributed by atoms with van der Waals surface area (Å²) >= 11 is 0. The number of carbonyl (C=O) groups excluding carboxylic acids is 1. The van der Waals surface area contributed by atoms with Crippen molar-refractivity contribution in [1.82, 2.24) is 14.9 Å². The number of carboxylic acids is 1. The first kappa shape index (κ1) is 21.8. The molecular formula is C25H21N3O5. The minimum Gasteiger partial charge on any atom is -0.479 e. The Kier molecular flexibility index (Phi) is 6.17. The van der Waals surface area contributed by atoms with Gasteiger partial charge in [-0.15, -0.1) is 0 Å². The van der Waals surface area contributed by atoms with E-state index in [1.165, 1.54) is 0 Å². The number of aliphatic carboxylic acids is 1. The van der Waals surface area contributed by atoms with Gasteiger partial charge in [0.2, 0.25) is 5.91 Å². The van der Waals surface area contributed by atoms with Crippen LogP contribution >= 0.6 is 0 Å². The number of nitrogens with one attached hydrogen (secondary N) is 2. The molecule has 1 amide bonds. The van der Waals surface area contributed by atoms with Crippen molar-refractivity contribution in [2.24, 2.45) is 0 Å². The van der Waals surface area contributed by atoms with Gasteiger partial charge in [-0.1, -0.05) is 72.8 Å². The number of nitrogens with zero attached hydrogens (tertiary/aromatic N) is 1. The van der Waals surface area contributed by atoms with E-state index in [2.05, 4.69) is 10.3 Å². The lowest BCUT2D eigenvalue weighted by Gasteiger charge is -2.22. The third-order valence-electron chi connectivity index (χ3n) is 5.39. The van der Waals surface area contributed by atoms with E-state index in [0.29, 0.717) is 16.6 Å². The minimum absolute atomic E-state index is 0.0229. The number of rotatable bonds is 7. The van der Waals surface area contributed by atoms with Crippen molar-refractivity contribution >= 4 is 22.8 Å². The van der Waals surface area contributed by atoms with Gasteiger partial charge in [0.1, 0.15) is 6.04 Å². The molecule has 0 spiro atoms. The summed E-state index contributed by atoms with van der Waals surface area (Å²) in [5, 5.41) is 12.5. The number of aromatic amines is 1. The Balaban J connectivity index is 1.80. The van der Waals surface area contributed by atoms with Crippen LogP contribution in [-0.4, -0.2) is 26.5 Å². The molecule has 2 atom stereocenters. The molecule has 0 aliphatic heterocycles. The molecule has 33 heavy (non-hydrogen) atoms. The van der Waals surface area contributed by atoms with Crippen LogP contribution < -0.4 is 16.6 Å². The fourth-order valence-electron chi connectivity index (χ4n) is 3.77. The largest absolute Gasteiger partial charge is 0.479 e. The second-order valence-corrected chi connectivity index (χ2v) is 7.55. The Morgan fingerprint density at radius 3 is 2.15 bits per heavy atom. The highest BCUT2D eigenvalue weighted by Gasteiger charge is 2.30. The van der Waals surface area contributed by atoms with E-state index in [-0.39, 0.29) is 11.8 Å². The van der Waals surface area contributed by atoms with Gasteiger partial charge in [-0.3, -0.25) is 9.59 Å². The molecule has 0 saturated carbocycles. The summed E-state index contributed by atoms with van der Waals surface area (Å²) < 4.78 is 0.856. The number of fused-ring (bicyclic) bond motifs is 1. The summed E-state index contributed by atoms with van der Waals surface area (Å²) in [7, 11) is 0. The molecule has 0 aliphatic rings. The maximum atomic E-state index is 13.4. The number of carboxylic acid groups (broad SMARTS) is 1. The quantitative estimate of drug-likeness (QED) is 0.405. The van der Waals surface area contributed by atoms with Crippen molar-refractivity contribution in [2.75, 3.05) is 0 Å². The Morgan fingerprint density at radius 2 is 1.48 bits per heavy atom. The normalized spacial score (nSPS) is 12.7. The molecule has 0 bridgehead atoms. The van der Waals surface area contributed by atoms with Crippen LogP contribution in [0.1, 0.15) is 23.2 Å². The van der Waals surface area contributed by atoms with Gasteiger partial charge in [-0.25, -0.2) is 14.2 Å². The van der Waals surface area contributed by atoms with Crippen LogP contribution in [-0.2, 0) is 16.0 Å². The second kappa shape index (κ2) is 9.35. The molecule has 3 aromatic carbocycles. The molecule has 0 aliphatic carbocycles. The fourth-order valence-corrected chi connectivity index (χ4v) is 3.77. The van der Waals surface area contributed by atoms with Crippen LogP contribution in [0.5, 0.6) is 0 Å². The zero-order valence-corrected chi connectivity index (χ0v) is 17.5. The molecule has 4 rings (SSSR count). The van der Waals surface area contributed by atoms with Gasteiger partial charge in [0.25, 0.3) is 5.56 Å². The predicted molar refractivity (Wildman–Crippen MR) is 123 cm³/mol. The molecule has 166 valence electrons. The molecule has 0 unspecified atom stereocenters. The van der Waals surface area contributed by atoms with Crippen molar-refractivity contribution < 1.29 is 14.7 Å². The summed E-state index contributed by atoms with van der Waals surface area (Å²) in [6.45, 7) is 0. The monoisotopic (exact) mass is 443 g/mol. The number of carbonyl (C=O) groups is 2. The molecule has 0 fully saturated rings. The van der Waals surface area contributed by atoms with Crippen LogP contribution in [0.4, 0.5) is 0 Å². The molecule has 1 aromatic heterocycles. The maximum Gasteiger partial charge on any atom is 0.330 e. The predicted octanol–water partition coefficient (Wildman–Crippen LogP) is 2.42. The van der Waals surface area contributed by atoms with E-state index in [1.54, 1.807) is 78.9 Å². The van der Waals surface area contributed by atoms with E-state index in [9.17, 15) is 24.3 Å². The highest BCUT2D eigenvalue weighted by atomic mass is 16.4. The molecule has 4 aromatic rings. The SMILES string of the molecule is O=C(O)[C@@H](NC(=O)[C@@H](Cc1ccccc1)n1c(=O)[nH]c2ccccc2c1=O)c1ccccc1. The smallest absolute Gasteiger partial charge is 0.330 e. The summed E-state index contributed by atoms with van der Waals surface area (Å²) in [4.78, 5) is 54.1. The van der Waals surface area contributed by atoms with Crippen molar-refractivity contribution in [3.8, 4) is 0 Å². The van der Waals surface area contributed by atoms with E-state index >= 15 is 0 Å². The third kappa shape index (κ3) is 4.59. The number of amides is 1. The van der Waals surface area contributed by atoms with Gasteiger partial charge in [0.15, 0.2) is 6.04 Å². The standard InChI is InChI=1S/C25H21N3O5/c29-22(27-21(24(31)32)17-11-5-2-6-12-17)20(15-16-9-3-1-4-10-16)28-23(30)18-13-7-8-14-19(18)26-25(28)33/h1-14,20-21H,15H2,(H,26,33)(H,27,29)(H,31,32)/t20-,21+/m1/s1. The zero-order valence-electron chi connectivity index (χ0n) is 17.5. The molecule has 1 heterocycles. The highest BCUT2D eigenvalue weighted by molar-refractivity contribution is 5.87. The lowest BCUT2D eigenvalue weighted by Crippen LogP contribution is -2.47. The molecule has 3 N–H and O–H groups in total. The van der Waals surface area contributed by atoms with E-state index < -0.39 is 35.2 Å². The van der Waals surface area contributed by atoms with Gasteiger partial charge in [-0.05, 0) is 23.3 Å².